The summed E-state index contributed by atoms with van der Waals surface area (Å²) >= 11 is 0. The number of rotatable bonds is 5. The van der Waals surface area contributed by atoms with E-state index in [-0.39, 0.29) is 5.84 Å². The molecular formula is C12H18FN3O. The Bertz CT molecular complexity index is 407. The Kier molecular flexibility index (Phi) is 4.90. The van der Waals surface area contributed by atoms with Crippen LogP contribution in [0.15, 0.2) is 23.4 Å². The molecule has 0 aliphatic carbocycles. The third-order valence-electron chi connectivity index (χ3n) is 2.50. The molecule has 0 heterocycles. The fourth-order valence-corrected chi connectivity index (χ4v) is 1.73. The molecule has 17 heavy (non-hydrogen) atoms. The molecule has 0 spiro atoms. The summed E-state index contributed by atoms with van der Waals surface area (Å²) in [6, 6.07) is 4.32. The first-order valence-corrected chi connectivity index (χ1v) is 5.53. The van der Waals surface area contributed by atoms with Gasteiger partial charge in [0.1, 0.15) is 5.82 Å². The van der Waals surface area contributed by atoms with Gasteiger partial charge in [-0.05, 0) is 37.7 Å². The van der Waals surface area contributed by atoms with Crippen molar-refractivity contribution in [2.75, 3.05) is 13.6 Å². The van der Waals surface area contributed by atoms with E-state index in [1.54, 1.807) is 6.07 Å². The molecule has 94 valence electrons. The molecule has 0 radical (unpaired) electrons. The van der Waals surface area contributed by atoms with Gasteiger partial charge in [0.25, 0.3) is 0 Å². The molecule has 0 aromatic heterocycles. The van der Waals surface area contributed by atoms with E-state index in [2.05, 4.69) is 17.0 Å². The van der Waals surface area contributed by atoms with Crippen molar-refractivity contribution < 1.29 is 9.60 Å². The highest BCUT2D eigenvalue weighted by Gasteiger charge is 2.10. The summed E-state index contributed by atoms with van der Waals surface area (Å²) in [5, 5.41) is 11.6. The van der Waals surface area contributed by atoms with Gasteiger partial charge in [-0.15, -0.1) is 0 Å². The maximum atomic E-state index is 13.1. The first-order valence-electron chi connectivity index (χ1n) is 5.53. The highest BCUT2D eigenvalue weighted by atomic mass is 19.1. The Morgan fingerprint density at radius 2 is 2.24 bits per heavy atom. The third-order valence-corrected chi connectivity index (χ3v) is 2.50. The van der Waals surface area contributed by atoms with Gasteiger partial charge in [0.05, 0.1) is 0 Å². The van der Waals surface area contributed by atoms with Crippen molar-refractivity contribution in [1.82, 2.24) is 4.90 Å². The highest BCUT2D eigenvalue weighted by molar-refractivity contribution is 5.98. The van der Waals surface area contributed by atoms with Gasteiger partial charge in [-0.3, -0.25) is 0 Å². The van der Waals surface area contributed by atoms with Gasteiger partial charge in [-0.1, -0.05) is 18.1 Å². The summed E-state index contributed by atoms with van der Waals surface area (Å²) < 4.78 is 13.1. The van der Waals surface area contributed by atoms with Crippen LogP contribution in [0.2, 0.25) is 0 Å². The third kappa shape index (κ3) is 3.71. The molecule has 0 fully saturated rings. The molecule has 0 aliphatic rings. The van der Waals surface area contributed by atoms with Crippen molar-refractivity contribution in [3.05, 3.63) is 35.1 Å². The van der Waals surface area contributed by atoms with Crippen molar-refractivity contribution in [3.63, 3.8) is 0 Å². The summed E-state index contributed by atoms with van der Waals surface area (Å²) in [5.74, 6) is -0.460. The van der Waals surface area contributed by atoms with E-state index in [0.717, 1.165) is 18.5 Å². The van der Waals surface area contributed by atoms with Crippen LogP contribution in [0.25, 0.3) is 0 Å². The van der Waals surface area contributed by atoms with Gasteiger partial charge in [0.2, 0.25) is 0 Å². The van der Waals surface area contributed by atoms with Crippen LogP contribution in [0.4, 0.5) is 4.39 Å². The van der Waals surface area contributed by atoms with Crippen LogP contribution in [0.3, 0.4) is 0 Å². The Labute approximate surface area is 101 Å². The van der Waals surface area contributed by atoms with Gasteiger partial charge in [0, 0.05) is 12.1 Å². The van der Waals surface area contributed by atoms with E-state index in [4.69, 9.17) is 10.9 Å². The van der Waals surface area contributed by atoms with Crippen molar-refractivity contribution in [2.24, 2.45) is 10.9 Å². The number of halogens is 1. The molecule has 0 atom stereocenters. The summed E-state index contributed by atoms with van der Waals surface area (Å²) in [7, 11) is 1.98. The van der Waals surface area contributed by atoms with E-state index in [9.17, 15) is 4.39 Å². The molecule has 0 unspecified atom stereocenters. The van der Waals surface area contributed by atoms with Crippen LogP contribution < -0.4 is 5.73 Å². The Morgan fingerprint density at radius 3 is 2.82 bits per heavy atom. The van der Waals surface area contributed by atoms with Crippen molar-refractivity contribution in [2.45, 2.75) is 19.9 Å². The monoisotopic (exact) mass is 239 g/mol. The summed E-state index contributed by atoms with van der Waals surface area (Å²) in [6.45, 7) is 3.66. The maximum Gasteiger partial charge on any atom is 0.170 e. The van der Waals surface area contributed by atoms with Crippen molar-refractivity contribution >= 4 is 5.84 Å². The van der Waals surface area contributed by atoms with Gasteiger partial charge in [-0.2, -0.15) is 0 Å². The van der Waals surface area contributed by atoms with Gasteiger partial charge < -0.3 is 15.8 Å². The topological polar surface area (TPSA) is 61.8 Å². The molecular weight excluding hydrogens is 221 g/mol. The standard InChI is InChI=1S/C12H18FN3O/c1-3-6-16(2)8-9-4-5-10(13)7-11(9)12(14)15-17/h4-5,7,17H,3,6,8H2,1-2H3,(H2,14,15). The zero-order chi connectivity index (χ0) is 12.8. The van der Waals surface area contributed by atoms with Crippen LogP contribution >= 0.6 is 0 Å². The predicted molar refractivity (Wildman–Crippen MR) is 65.5 cm³/mol. The van der Waals surface area contributed by atoms with Gasteiger partial charge in [0.15, 0.2) is 5.84 Å². The van der Waals surface area contributed by atoms with Gasteiger partial charge >= 0.3 is 0 Å². The molecule has 0 bridgehead atoms. The van der Waals surface area contributed by atoms with E-state index in [1.165, 1.54) is 12.1 Å². The van der Waals surface area contributed by atoms with Crippen molar-refractivity contribution in [1.29, 1.82) is 0 Å². The average molecular weight is 239 g/mol. The van der Waals surface area contributed by atoms with Crippen molar-refractivity contribution in [3.8, 4) is 0 Å². The second kappa shape index (κ2) is 6.20. The van der Waals surface area contributed by atoms with E-state index >= 15 is 0 Å². The van der Waals surface area contributed by atoms with E-state index in [1.807, 2.05) is 7.05 Å². The summed E-state index contributed by atoms with van der Waals surface area (Å²) in [6.07, 6.45) is 1.04. The normalized spacial score (nSPS) is 12.1. The molecule has 1 aromatic rings. The predicted octanol–water partition coefficient (Wildman–Crippen LogP) is 1.76. The van der Waals surface area contributed by atoms with Crippen LogP contribution in [0, 0.1) is 5.82 Å². The van der Waals surface area contributed by atoms with Crippen LogP contribution in [-0.4, -0.2) is 29.5 Å². The van der Waals surface area contributed by atoms with Crippen LogP contribution in [0.1, 0.15) is 24.5 Å². The number of oxime groups is 1. The minimum Gasteiger partial charge on any atom is -0.409 e. The van der Waals surface area contributed by atoms with Gasteiger partial charge in [-0.25, -0.2) is 4.39 Å². The number of nitrogens with zero attached hydrogens (tertiary/aromatic N) is 2. The lowest BCUT2D eigenvalue weighted by molar-refractivity contribution is 0.317. The molecule has 3 N–H and O–H groups in total. The second-order valence-electron chi connectivity index (χ2n) is 4.02. The quantitative estimate of drug-likeness (QED) is 0.356. The largest absolute Gasteiger partial charge is 0.409 e. The van der Waals surface area contributed by atoms with E-state index < -0.39 is 5.82 Å². The first kappa shape index (κ1) is 13.4. The SMILES string of the molecule is CCCN(C)Cc1ccc(F)cc1C(N)=NO. The lowest BCUT2D eigenvalue weighted by Crippen LogP contribution is -2.22. The lowest BCUT2D eigenvalue weighted by Gasteiger charge is -2.17. The zero-order valence-corrected chi connectivity index (χ0v) is 10.2. The average Bonchev–Trinajstić information content (AvgIpc) is 2.30. The second-order valence-corrected chi connectivity index (χ2v) is 4.02. The van der Waals surface area contributed by atoms with Crippen LogP contribution in [-0.2, 0) is 6.54 Å². The number of hydrogen-bond acceptors (Lipinski definition) is 3. The molecule has 1 rings (SSSR count). The zero-order valence-electron chi connectivity index (χ0n) is 10.2. The summed E-state index contributed by atoms with van der Waals surface area (Å²) in [4.78, 5) is 2.10. The first-order chi connectivity index (χ1) is 8.08. The van der Waals surface area contributed by atoms with E-state index in [0.29, 0.717) is 12.1 Å². The lowest BCUT2D eigenvalue weighted by atomic mass is 10.1. The Morgan fingerprint density at radius 1 is 1.53 bits per heavy atom. The summed E-state index contributed by atoms with van der Waals surface area (Å²) in [5.41, 5.74) is 6.81. The molecule has 0 amide bonds. The number of hydrogen-bond donors (Lipinski definition) is 2. The molecule has 0 aliphatic heterocycles. The molecule has 0 saturated carbocycles. The molecule has 5 heteroatoms. The highest BCUT2D eigenvalue weighted by Crippen LogP contribution is 2.13. The number of amidine groups is 1. The Balaban J connectivity index is 2.98. The van der Waals surface area contributed by atoms with Crippen LogP contribution in [0.5, 0.6) is 0 Å². The minimum absolute atomic E-state index is 0.0654. The smallest absolute Gasteiger partial charge is 0.170 e. The minimum atomic E-state index is -0.395. The Hall–Kier alpha value is -1.62. The maximum absolute atomic E-state index is 13.1. The molecule has 4 nitrogen and oxygen atoms in total. The molecule has 1 aromatic carbocycles. The number of benzene rings is 1. The fraction of sp³-hybridized carbons (Fsp3) is 0.417. The fourth-order valence-electron chi connectivity index (χ4n) is 1.73. The number of nitrogens with two attached hydrogens (primary N) is 1. The molecule has 0 saturated heterocycles.